The van der Waals surface area contributed by atoms with E-state index in [1.807, 2.05) is 30.3 Å². The van der Waals surface area contributed by atoms with Crippen molar-refractivity contribution in [3.63, 3.8) is 0 Å². The molecule has 0 heterocycles. The zero-order chi connectivity index (χ0) is 13.3. The Morgan fingerprint density at radius 1 is 1.11 bits per heavy atom. The standard InChI is InChI=1S/C17H27NO/c1-18-14-16-9-6-5-8-15(16)10-7-13-19-17-11-3-2-4-12-17/h2-4,11-12,15-16,18H,5-10,13-14H2,1H3. The highest BCUT2D eigenvalue weighted by molar-refractivity contribution is 5.20. The summed E-state index contributed by atoms with van der Waals surface area (Å²) in [6.07, 6.45) is 8.16. The largest absolute Gasteiger partial charge is 0.494 e. The van der Waals surface area contributed by atoms with E-state index >= 15 is 0 Å². The lowest BCUT2D eigenvalue weighted by Gasteiger charge is -2.31. The molecule has 2 nitrogen and oxygen atoms in total. The van der Waals surface area contributed by atoms with Crippen LogP contribution >= 0.6 is 0 Å². The van der Waals surface area contributed by atoms with Crippen LogP contribution in [0.2, 0.25) is 0 Å². The van der Waals surface area contributed by atoms with Crippen molar-refractivity contribution in [1.82, 2.24) is 5.32 Å². The molecule has 1 aliphatic rings. The maximum Gasteiger partial charge on any atom is 0.119 e. The molecular weight excluding hydrogens is 234 g/mol. The molecule has 2 atom stereocenters. The van der Waals surface area contributed by atoms with Crippen LogP contribution in [0.25, 0.3) is 0 Å². The van der Waals surface area contributed by atoms with Crippen LogP contribution < -0.4 is 10.1 Å². The zero-order valence-corrected chi connectivity index (χ0v) is 12.1. The molecule has 2 heteroatoms. The first kappa shape index (κ1) is 14.4. The first-order valence-electron chi connectivity index (χ1n) is 7.72. The summed E-state index contributed by atoms with van der Waals surface area (Å²) in [6, 6.07) is 10.1. The second-order valence-corrected chi connectivity index (χ2v) is 5.67. The summed E-state index contributed by atoms with van der Waals surface area (Å²) in [5.41, 5.74) is 0. The highest BCUT2D eigenvalue weighted by Gasteiger charge is 2.23. The van der Waals surface area contributed by atoms with Gasteiger partial charge >= 0.3 is 0 Å². The van der Waals surface area contributed by atoms with Crippen LogP contribution in [0.1, 0.15) is 38.5 Å². The van der Waals surface area contributed by atoms with Gasteiger partial charge in [-0.2, -0.15) is 0 Å². The summed E-state index contributed by atoms with van der Waals surface area (Å²) < 4.78 is 5.78. The fourth-order valence-electron chi connectivity index (χ4n) is 3.25. The van der Waals surface area contributed by atoms with E-state index in [9.17, 15) is 0 Å². The highest BCUT2D eigenvalue weighted by atomic mass is 16.5. The van der Waals surface area contributed by atoms with Crippen LogP contribution in [-0.2, 0) is 0 Å². The van der Waals surface area contributed by atoms with Crippen molar-refractivity contribution in [2.24, 2.45) is 11.8 Å². The van der Waals surface area contributed by atoms with Crippen LogP contribution in [0.4, 0.5) is 0 Å². The minimum absolute atomic E-state index is 0.854. The minimum Gasteiger partial charge on any atom is -0.494 e. The van der Waals surface area contributed by atoms with Gasteiger partial charge in [0.2, 0.25) is 0 Å². The van der Waals surface area contributed by atoms with Gasteiger partial charge in [0, 0.05) is 0 Å². The second kappa shape index (κ2) is 8.21. The number of hydrogen-bond donors (Lipinski definition) is 1. The Hall–Kier alpha value is -1.02. The topological polar surface area (TPSA) is 21.3 Å². The summed E-state index contributed by atoms with van der Waals surface area (Å²) >= 11 is 0. The number of hydrogen-bond acceptors (Lipinski definition) is 2. The van der Waals surface area contributed by atoms with Gasteiger partial charge in [-0.1, -0.05) is 37.5 Å². The summed E-state index contributed by atoms with van der Waals surface area (Å²) in [6.45, 7) is 2.04. The molecule has 0 aromatic heterocycles. The molecule has 1 aromatic carbocycles. The predicted octanol–water partition coefficient (Wildman–Crippen LogP) is 3.87. The molecule has 0 amide bonds. The number of ether oxygens (including phenoxy) is 1. The van der Waals surface area contributed by atoms with Gasteiger partial charge in [0.1, 0.15) is 5.75 Å². The number of benzene rings is 1. The lowest BCUT2D eigenvalue weighted by atomic mass is 9.77. The molecule has 2 rings (SSSR count). The molecule has 106 valence electrons. The van der Waals surface area contributed by atoms with Gasteiger partial charge in [-0.3, -0.25) is 0 Å². The zero-order valence-electron chi connectivity index (χ0n) is 12.1. The van der Waals surface area contributed by atoms with Gasteiger partial charge in [0.15, 0.2) is 0 Å². The quantitative estimate of drug-likeness (QED) is 0.752. The third-order valence-corrected chi connectivity index (χ3v) is 4.26. The molecule has 1 aliphatic carbocycles. The van der Waals surface area contributed by atoms with E-state index in [1.54, 1.807) is 0 Å². The Kier molecular flexibility index (Phi) is 6.22. The van der Waals surface area contributed by atoms with E-state index in [2.05, 4.69) is 12.4 Å². The van der Waals surface area contributed by atoms with Gasteiger partial charge in [-0.25, -0.2) is 0 Å². The smallest absolute Gasteiger partial charge is 0.119 e. The van der Waals surface area contributed by atoms with Gasteiger partial charge in [0.05, 0.1) is 6.61 Å². The summed E-state index contributed by atoms with van der Waals surface area (Å²) in [5.74, 6) is 2.79. The Labute approximate surface area is 117 Å². The van der Waals surface area contributed by atoms with E-state index < -0.39 is 0 Å². The maximum atomic E-state index is 5.78. The lowest BCUT2D eigenvalue weighted by Crippen LogP contribution is -2.29. The monoisotopic (exact) mass is 261 g/mol. The van der Waals surface area contributed by atoms with Gasteiger partial charge < -0.3 is 10.1 Å². The van der Waals surface area contributed by atoms with Crippen LogP contribution in [0.5, 0.6) is 5.75 Å². The molecule has 1 aromatic rings. The van der Waals surface area contributed by atoms with Crippen molar-refractivity contribution in [3.8, 4) is 5.75 Å². The highest BCUT2D eigenvalue weighted by Crippen LogP contribution is 2.32. The molecule has 0 spiro atoms. The van der Waals surface area contributed by atoms with E-state index in [0.29, 0.717) is 0 Å². The van der Waals surface area contributed by atoms with E-state index in [-0.39, 0.29) is 0 Å². The lowest BCUT2D eigenvalue weighted by molar-refractivity contribution is 0.201. The van der Waals surface area contributed by atoms with Crippen LogP contribution in [-0.4, -0.2) is 20.2 Å². The normalized spacial score (nSPS) is 23.2. The average Bonchev–Trinajstić information content (AvgIpc) is 2.47. The third-order valence-electron chi connectivity index (χ3n) is 4.26. The number of rotatable bonds is 7. The van der Waals surface area contributed by atoms with Crippen LogP contribution in [0.15, 0.2) is 30.3 Å². The Bertz CT molecular complexity index is 336. The maximum absolute atomic E-state index is 5.78. The van der Waals surface area contributed by atoms with Crippen molar-refractivity contribution < 1.29 is 4.74 Å². The Morgan fingerprint density at radius 2 is 1.84 bits per heavy atom. The first-order chi connectivity index (χ1) is 9.40. The summed E-state index contributed by atoms with van der Waals surface area (Å²) in [7, 11) is 2.07. The molecule has 1 fully saturated rings. The molecule has 1 saturated carbocycles. The average molecular weight is 261 g/mol. The molecule has 0 bridgehead atoms. The van der Waals surface area contributed by atoms with Crippen LogP contribution in [0.3, 0.4) is 0 Å². The van der Waals surface area contributed by atoms with Crippen molar-refractivity contribution >= 4 is 0 Å². The predicted molar refractivity (Wildman–Crippen MR) is 80.5 cm³/mol. The van der Waals surface area contributed by atoms with Gasteiger partial charge in [-0.05, 0) is 56.8 Å². The fraction of sp³-hybridized carbons (Fsp3) is 0.647. The Balaban J connectivity index is 1.66. The molecule has 2 unspecified atom stereocenters. The van der Waals surface area contributed by atoms with E-state index in [0.717, 1.165) is 24.2 Å². The molecule has 1 N–H and O–H groups in total. The van der Waals surface area contributed by atoms with E-state index in [1.165, 1.54) is 45.1 Å². The minimum atomic E-state index is 0.854. The van der Waals surface area contributed by atoms with E-state index in [4.69, 9.17) is 4.74 Å². The third kappa shape index (κ3) is 4.87. The molecular formula is C17H27NO. The van der Waals surface area contributed by atoms with Crippen molar-refractivity contribution in [1.29, 1.82) is 0 Å². The van der Waals surface area contributed by atoms with Gasteiger partial charge in [0.25, 0.3) is 0 Å². The second-order valence-electron chi connectivity index (χ2n) is 5.67. The van der Waals surface area contributed by atoms with Crippen LogP contribution in [0, 0.1) is 11.8 Å². The first-order valence-corrected chi connectivity index (χ1v) is 7.72. The summed E-state index contributed by atoms with van der Waals surface area (Å²) in [5, 5.41) is 3.35. The molecule has 0 saturated heterocycles. The number of nitrogens with one attached hydrogen (secondary N) is 1. The molecule has 19 heavy (non-hydrogen) atoms. The summed E-state index contributed by atoms with van der Waals surface area (Å²) in [4.78, 5) is 0. The molecule has 0 radical (unpaired) electrons. The molecule has 0 aliphatic heterocycles. The van der Waals surface area contributed by atoms with Crippen molar-refractivity contribution in [2.45, 2.75) is 38.5 Å². The Morgan fingerprint density at radius 3 is 2.58 bits per heavy atom. The van der Waals surface area contributed by atoms with Crippen molar-refractivity contribution in [3.05, 3.63) is 30.3 Å². The SMILES string of the molecule is CNCC1CCCCC1CCCOc1ccccc1. The fourth-order valence-corrected chi connectivity index (χ4v) is 3.25. The number of para-hydroxylation sites is 1. The van der Waals surface area contributed by atoms with Crippen molar-refractivity contribution in [2.75, 3.05) is 20.2 Å². The van der Waals surface area contributed by atoms with Gasteiger partial charge in [-0.15, -0.1) is 0 Å².